The van der Waals surface area contributed by atoms with E-state index in [2.05, 4.69) is 27.2 Å². The lowest BCUT2D eigenvalue weighted by molar-refractivity contribution is 0.476. The minimum atomic E-state index is -3.50. The van der Waals surface area contributed by atoms with E-state index in [1.807, 2.05) is 0 Å². The minimum Gasteiger partial charge on any atom is -0.314 e. The van der Waals surface area contributed by atoms with Crippen LogP contribution in [0.3, 0.4) is 0 Å². The molecule has 0 aromatic carbocycles. The smallest absolute Gasteiger partial charge is 0.244 e. The van der Waals surface area contributed by atoms with E-state index in [-0.39, 0.29) is 6.04 Å². The van der Waals surface area contributed by atoms with Crippen molar-refractivity contribution in [2.24, 2.45) is 5.92 Å². The molecule has 1 aliphatic rings. The summed E-state index contributed by atoms with van der Waals surface area (Å²) in [4.78, 5) is 0.293. The second kappa shape index (κ2) is 5.60. The van der Waals surface area contributed by atoms with Crippen molar-refractivity contribution >= 4 is 10.0 Å². The van der Waals surface area contributed by atoms with Crippen molar-refractivity contribution < 1.29 is 8.42 Å². The summed E-state index contributed by atoms with van der Waals surface area (Å²) in [7, 11) is -1.73. The predicted molar refractivity (Wildman–Crippen MR) is 73.2 cm³/mol. The molecule has 2 atom stereocenters. The van der Waals surface area contributed by atoms with Gasteiger partial charge >= 0.3 is 0 Å². The van der Waals surface area contributed by atoms with E-state index in [4.69, 9.17) is 0 Å². The van der Waals surface area contributed by atoms with Gasteiger partial charge in [0.2, 0.25) is 10.0 Å². The lowest BCUT2D eigenvalue weighted by Crippen LogP contribution is -2.37. The molecule has 0 amide bonds. The highest BCUT2D eigenvalue weighted by Gasteiger charge is 2.31. The number of hydrogen-bond donors (Lipinski definition) is 3. The van der Waals surface area contributed by atoms with Gasteiger partial charge in [0, 0.05) is 12.6 Å². The van der Waals surface area contributed by atoms with Crippen LogP contribution in [-0.2, 0) is 16.6 Å². The Balaban J connectivity index is 2.26. The first-order valence-electron chi connectivity index (χ1n) is 6.66. The maximum atomic E-state index is 12.5. The van der Waals surface area contributed by atoms with Crippen molar-refractivity contribution in [3.8, 4) is 0 Å². The zero-order valence-electron chi connectivity index (χ0n) is 11.7. The molecule has 108 valence electrons. The normalized spacial score (nSPS) is 23.9. The predicted octanol–water partition coefficient (Wildman–Crippen LogP) is 0.904. The number of aromatic amines is 1. The van der Waals surface area contributed by atoms with E-state index in [9.17, 15) is 8.42 Å². The van der Waals surface area contributed by atoms with Crippen LogP contribution in [0.1, 0.15) is 37.6 Å². The van der Waals surface area contributed by atoms with Crippen LogP contribution in [0, 0.1) is 12.8 Å². The molecular formula is C12H22N4O2S. The van der Waals surface area contributed by atoms with E-state index in [0.717, 1.165) is 19.3 Å². The molecule has 0 saturated heterocycles. The lowest BCUT2D eigenvalue weighted by Gasteiger charge is -2.17. The third kappa shape index (κ3) is 2.98. The van der Waals surface area contributed by atoms with Gasteiger partial charge in [-0.15, -0.1) is 0 Å². The first-order chi connectivity index (χ1) is 8.95. The van der Waals surface area contributed by atoms with Crippen LogP contribution in [0.4, 0.5) is 0 Å². The van der Waals surface area contributed by atoms with Crippen LogP contribution >= 0.6 is 0 Å². The Morgan fingerprint density at radius 3 is 2.74 bits per heavy atom. The van der Waals surface area contributed by atoms with E-state index in [0.29, 0.717) is 28.7 Å². The second-order valence-corrected chi connectivity index (χ2v) is 6.94. The molecule has 2 unspecified atom stereocenters. The molecule has 1 fully saturated rings. The quantitative estimate of drug-likeness (QED) is 0.750. The summed E-state index contributed by atoms with van der Waals surface area (Å²) >= 11 is 0. The number of hydrogen-bond acceptors (Lipinski definition) is 4. The molecule has 1 aromatic heterocycles. The molecule has 2 rings (SSSR count). The van der Waals surface area contributed by atoms with Gasteiger partial charge in [0.25, 0.3) is 0 Å². The largest absolute Gasteiger partial charge is 0.314 e. The van der Waals surface area contributed by atoms with Crippen molar-refractivity contribution in [2.75, 3.05) is 7.05 Å². The van der Waals surface area contributed by atoms with E-state index < -0.39 is 10.0 Å². The fraction of sp³-hybridized carbons (Fsp3) is 0.750. The standard InChI is InChI=1S/C12H22N4O2S/c1-8-5-4-6-10(8)16-19(17,18)12-9(2)14-15-11(12)7-13-3/h8,10,13,16H,4-7H2,1-3H3,(H,14,15). The zero-order valence-corrected chi connectivity index (χ0v) is 12.5. The van der Waals surface area contributed by atoms with Crippen LogP contribution in [0.2, 0.25) is 0 Å². The van der Waals surface area contributed by atoms with Crippen LogP contribution in [0.15, 0.2) is 4.90 Å². The van der Waals surface area contributed by atoms with Crippen LogP contribution in [0.5, 0.6) is 0 Å². The Morgan fingerprint density at radius 2 is 2.16 bits per heavy atom. The van der Waals surface area contributed by atoms with Crippen molar-refractivity contribution in [2.45, 2.75) is 50.6 Å². The lowest BCUT2D eigenvalue weighted by atomic mass is 10.1. The molecule has 0 bridgehead atoms. The van der Waals surface area contributed by atoms with Gasteiger partial charge in [0.05, 0.1) is 11.4 Å². The van der Waals surface area contributed by atoms with E-state index in [1.165, 1.54) is 0 Å². The molecular weight excluding hydrogens is 264 g/mol. The topological polar surface area (TPSA) is 86.9 Å². The number of rotatable bonds is 5. The molecule has 6 nitrogen and oxygen atoms in total. The summed E-state index contributed by atoms with van der Waals surface area (Å²) < 4.78 is 27.9. The van der Waals surface area contributed by atoms with Gasteiger partial charge in [-0.2, -0.15) is 5.10 Å². The number of nitrogens with one attached hydrogen (secondary N) is 3. The molecule has 19 heavy (non-hydrogen) atoms. The first kappa shape index (κ1) is 14.5. The molecule has 0 aliphatic heterocycles. The van der Waals surface area contributed by atoms with Gasteiger partial charge in [-0.25, -0.2) is 13.1 Å². The Hall–Kier alpha value is -0.920. The molecule has 1 saturated carbocycles. The number of H-pyrrole nitrogens is 1. The van der Waals surface area contributed by atoms with Crippen molar-refractivity contribution in [3.05, 3.63) is 11.4 Å². The van der Waals surface area contributed by atoms with Crippen molar-refractivity contribution in [3.63, 3.8) is 0 Å². The average Bonchev–Trinajstić information content (AvgIpc) is 2.87. The van der Waals surface area contributed by atoms with Gasteiger partial charge < -0.3 is 5.32 Å². The monoisotopic (exact) mass is 286 g/mol. The molecule has 7 heteroatoms. The summed E-state index contributed by atoms with van der Waals surface area (Å²) in [5.74, 6) is 0.398. The van der Waals surface area contributed by atoms with Gasteiger partial charge in [-0.05, 0) is 32.7 Å². The van der Waals surface area contributed by atoms with Gasteiger partial charge in [0.15, 0.2) is 0 Å². The number of sulfonamides is 1. The summed E-state index contributed by atoms with van der Waals surface area (Å²) in [6.07, 6.45) is 3.09. The minimum absolute atomic E-state index is 0.0433. The fourth-order valence-electron chi connectivity index (χ4n) is 2.69. The molecule has 1 aromatic rings. The maximum absolute atomic E-state index is 12.5. The Labute approximate surface area is 114 Å². The fourth-order valence-corrected chi connectivity index (χ4v) is 4.44. The van der Waals surface area contributed by atoms with E-state index in [1.54, 1.807) is 14.0 Å². The van der Waals surface area contributed by atoms with Crippen molar-refractivity contribution in [1.29, 1.82) is 0 Å². The Bertz CT molecular complexity index is 538. The molecule has 0 spiro atoms. The number of nitrogens with zero attached hydrogens (tertiary/aromatic N) is 1. The van der Waals surface area contributed by atoms with Crippen LogP contribution < -0.4 is 10.0 Å². The van der Waals surface area contributed by atoms with Crippen LogP contribution in [-0.4, -0.2) is 31.7 Å². The summed E-state index contributed by atoms with van der Waals surface area (Å²) in [5, 5.41) is 9.75. The zero-order chi connectivity index (χ0) is 14.0. The molecule has 1 aliphatic carbocycles. The summed E-state index contributed by atoms with van der Waals surface area (Å²) in [6, 6.07) is 0.0433. The second-order valence-electron chi connectivity index (χ2n) is 5.29. The third-order valence-corrected chi connectivity index (χ3v) is 5.43. The molecule has 1 heterocycles. The highest BCUT2D eigenvalue weighted by Crippen LogP contribution is 2.27. The van der Waals surface area contributed by atoms with E-state index >= 15 is 0 Å². The highest BCUT2D eigenvalue weighted by molar-refractivity contribution is 7.89. The Kier molecular flexibility index (Phi) is 4.27. The number of aromatic nitrogens is 2. The molecule has 3 N–H and O–H groups in total. The number of aryl methyl sites for hydroxylation is 1. The summed E-state index contributed by atoms with van der Waals surface area (Å²) in [6.45, 7) is 4.26. The van der Waals surface area contributed by atoms with Gasteiger partial charge in [-0.1, -0.05) is 13.3 Å². The maximum Gasteiger partial charge on any atom is 0.244 e. The third-order valence-electron chi connectivity index (χ3n) is 3.74. The Morgan fingerprint density at radius 1 is 1.42 bits per heavy atom. The summed E-state index contributed by atoms with van der Waals surface area (Å²) in [5.41, 5.74) is 1.13. The highest BCUT2D eigenvalue weighted by atomic mass is 32.2. The molecule has 0 radical (unpaired) electrons. The van der Waals surface area contributed by atoms with Gasteiger partial charge in [-0.3, -0.25) is 5.10 Å². The van der Waals surface area contributed by atoms with Gasteiger partial charge in [0.1, 0.15) is 4.90 Å². The first-order valence-corrected chi connectivity index (χ1v) is 8.14. The van der Waals surface area contributed by atoms with Crippen molar-refractivity contribution in [1.82, 2.24) is 20.2 Å². The average molecular weight is 286 g/mol. The SMILES string of the molecule is CNCc1n[nH]c(C)c1S(=O)(=O)NC1CCCC1C. The van der Waals surface area contributed by atoms with Crippen LogP contribution in [0.25, 0.3) is 0 Å².